The number of nitrogens with one attached hydrogen (secondary N) is 1. The quantitative estimate of drug-likeness (QED) is 0.788. The molecule has 1 aliphatic rings. The highest BCUT2D eigenvalue weighted by Crippen LogP contribution is 2.23. The van der Waals surface area contributed by atoms with Crippen molar-refractivity contribution in [3.05, 3.63) is 35.4 Å². The van der Waals surface area contributed by atoms with Gasteiger partial charge in [-0.05, 0) is 42.9 Å². The largest absolute Gasteiger partial charge is 0.469 e. The van der Waals surface area contributed by atoms with Gasteiger partial charge >= 0.3 is 5.97 Å². The minimum absolute atomic E-state index is 0.128. The van der Waals surface area contributed by atoms with Gasteiger partial charge in [-0.3, -0.25) is 4.79 Å². The number of hydrogen-bond donors (Lipinski definition) is 2. The monoisotopic (exact) mass is 291 g/mol. The van der Waals surface area contributed by atoms with Gasteiger partial charge in [0.25, 0.3) is 0 Å². The van der Waals surface area contributed by atoms with E-state index in [1.807, 2.05) is 24.3 Å². The summed E-state index contributed by atoms with van der Waals surface area (Å²) in [5.74, 6) is 0.347. The van der Waals surface area contributed by atoms with Crippen LogP contribution in [0.15, 0.2) is 24.3 Å². The average molecular weight is 291 g/mol. The molecule has 0 heterocycles. The van der Waals surface area contributed by atoms with Crippen molar-refractivity contribution >= 4 is 5.97 Å². The molecular formula is C17H25NO3. The Morgan fingerprint density at radius 1 is 1.33 bits per heavy atom. The number of rotatable bonds is 6. The number of benzene rings is 1. The summed E-state index contributed by atoms with van der Waals surface area (Å²) in [6, 6.07) is 7.95. The smallest absolute Gasteiger partial charge is 0.309 e. The zero-order valence-electron chi connectivity index (χ0n) is 12.7. The van der Waals surface area contributed by atoms with Crippen molar-refractivity contribution < 1.29 is 14.6 Å². The molecule has 116 valence electrons. The van der Waals surface area contributed by atoms with Crippen LogP contribution >= 0.6 is 0 Å². The maximum absolute atomic E-state index is 11.4. The summed E-state index contributed by atoms with van der Waals surface area (Å²) in [6.45, 7) is 1.67. The van der Waals surface area contributed by atoms with Crippen LogP contribution in [-0.4, -0.2) is 30.8 Å². The summed E-state index contributed by atoms with van der Waals surface area (Å²) in [7, 11) is 1.41. The molecule has 4 nitrogen and oxygen atoms in total. The van der Waals surface area contributed by atoms with Gasteiger partial charge < -0.3 is 15.2 Å². The van der Waals surface area contributed by atoms with Crippen LogP contribution in [-0.2, 0) is 22.5 Å². The molecule has 1 fully saturated rings. The van der Waals surface area contributed by atoms with E-state index in [-0.39, 0.29) is 12.1 Å². The first-order valence-corrected chi connectivity index (χ1v) is 7.71. The molecule has 21 heavy (non-hydrogen) atoms. The van der Waals surface area contributed by atoms with E-state index in [0.717, 1.165) is 43.5 Å². The second kappa shape index (κ2) is 8.15. The number of esters is 1. The van der Waals surface area contributed by atoms with E-state index in [4.69, 9.17) is 4.74 Å². The molecular weight excluding hydrogens is 266 g/mol. The number of methoxy groups -OCH3 is 1. The Bertz CT molecular complexity index is 461. The lowest BCUT2D eigenvalue weighted by Crippen LogP contribution is -2.29. The van der Waals surface area contributed by atoms with Crippen LogP contribution in [0.3, 0.4) is 0 Å². The molecule has 1 aromatic carbocycles. The molecule has 1 aliphatic carbocycles. The van der Waals surface area contributed by atoms with Crippen LogP contribution in [0.4, 0.5) is 0 Å². The van der Waals surface area contributed by atoms with Crippen LogP contribution in [0.1, 0.15) is 36.8 Å². The van der Waals surface area contributed by atoms with Gasteiger partial charge in [0, 0.05) is 6.54 Å². The van der Waals surface area contributed by atoms with Crippen LogP contribution in [0.25, 0.3) is 0 Å². The third-order valence-corrected chi connectivity index (χ3v) is 4.18. The fourth-order valence-electron chi connectivity index (χ4n) is 2.99. The van der Waals surface area contributed by atoms with Gasteiger partial charge in [0.1, 0.15) is 0 Å². The predicted molar refractivity (Wildman–Crippen MR) is 81.8 cm³/mol. The van der Waals surface area contributed by atoms with E-state index >= 15 is 0 Å². The normalized spacial score (nSPS) is 22.0. The number of carbonyl (C=O) groups is 1. The Labute approximate surface area is 126 Å². The van der Waals surface area contributed by atoms with Crippen molar-refractivity contribution in [2.45, 2.75) is 44.8 Å². The Hall–Kier alpha value is -1.39. The highest BCUT2D eigenvalue weighted by atomic mass is 16.5. The first kappa shape index (κ1) is 16.0. The topological polar surface area (TPSA) is 58.6 Å². The fourth-order valence-corrected chi connectivity index (χ4v) is 2.99. The molecule has 0 amide bonds. The second-order valence-electron chi connectivity index (χ2n) is 5.84. The number of ether oxygens (including phenoxy) is 1. The zero-order valence-corrected chi connectivity index (χ0v) is 12.7. The molecule has 2 unspecified atom stereocenters. The summed E-state index contributed by atoms with van der Waals surface area (Å²) in [5, 5.41) is 13.1. The molecule has 2 N–H and O–H groups in total. The third kappa shape index (κ3) is 5.14. The summed E-state index contributed by atoms with van der Waals surface area (Å²) < 4.78 is 4.73. The molecule has 0 aromatic heterocycles. The van der Waals surface area contributed by atoms with Gasteiger partial charge in [0.2, 0.25) is 0 Å². The SMILES string of the molecule is COC(=O)Cc1ccccc1CNCC1CCCC(O)C1. The van der Waals surface area contributed by atoms with E-state index in [9.17, 15) is 9.90 Å². The minimum Gasteiger partial charge on any atom is -0.469 e. The van der Waals surface area contributed by atoms with Crippen molar-refractivity contribution in [3.8, 4) is 0 Å². The molecule has 0 aliphatic heterocycles. The molecule has 2 atom stereocenters. The standard InChI is InChI=1S/C17H25NO3/c1-21-17(20)10-14-6-2-3-7-15(14)12-18-11-13-5-4-8-16(19)9-13/h2-3,6-7,13,16,18-19H,4-5,8-12H2,1H3. The van der Waals surface area contributed by atoms with Crippen molar-refractivity contribution in [2.24, 2.45) is 5.92 Å². The number of hydrogen-bond acceptors (Lipinski definition) is 4. The van der Waals surface area contributed by atoms with Gasteiger partial charge in [-0.25, -0.2) is 0 Å². The molecule has 2 rings (SSSR count). The molecule has 1 saturated carbocycles. The third-order valence-electron chi connectivity index (χ3n) is 4.18. The van der Waals surface area contributed by atoms with Gasteiger partial charge in [0.05, 0.1) is 19.6 Å². The van der Waals surface area contributed by atoms with Gasteiger partial charge in [-0.1, -0.05) is 30.7 Å². The van der Waals surface area contributed by atoms with E-state index < -0.39 is 0 Å². The molecule has 0 spiro atoms. The highest BCUT2D eigenvalue weighted by Gasteiger charge is 2.19. The number of aliphatic hydroxyl groups is 1. The van der Waals surface area contributed by atoms with E-state index in [1.54, 1.807) is 0 Å². The zero-order chi connectivity index (χ0) is 15.1. The summed E-state index contributed by atoms with van der Waals surface area (Å²) >= 11 is 0. The Balaban J connectivity index is 1.83. The Morgan fingerprint density at radius 2 is 2.10 bits per heavy atom. The number of aliphatic hydroxyl groups excluding tert-OH is 1. The van der Waals surface area contributed by atoms with E-state index in [1.165, 1.54) is 13.5 Å². The average Bonchev–Trinajstić information content (AvgIpc) is 2.49. The van der Waals surface area contributed by atoms with E-state index in [2.05, 4.69) is 5.32 Å². The maximum atomic E-state index is 11.4. The van der Waals surface area contributed by atoms with Crippen molar-refractivity contribution in [3.63, 3.8) is 0 Å². The molecule has 0 bridgehead atoms. The van der Waals surface area contributed by atoms with Crippen LogP contribution < -0.4 is 5.32 Å². The van der Waals surface area contributed by atoms with Gasteiger partial charge in [-0.2, -0.15) is 0 Å². The molecule has 1 aromatic rings. The van der Waals surface area contributed by atoms with Gasteiger partial charge in [0.15, 0.2) is 0 Å². The second-order valence-corrected chi connectivity index (χ2v) is 5.84. The predicted octanol–water partition coefficient (Wildman–Crippen LogP) is 2.04. The van der Waals surface area contributed by atoms with Crippen molar-refractivity contribution in [2.75, 3.05) is 13.7 Å². The summed E-state index contributed by atoms with van der Waals surface area (Å²) in [6.07, 6.45) is 4.34. The van der Waals surface area contributed by atoms with Crippen LogP contribution in [0, 0.1) is 5.92 Å². The fraction of sp³-hybridized carbons (Fsp3) is 0.588. The van der Waals surface area contributed by atoms with Crippen molar-refractivity contribution in [1.82, 2.24) is 5.32 Å². The minimum atomic E-state index is -0.210. The van der Waals surface area contributed by atoms with E-state index in [0.29, 0.717) is 12.3 Å². The molecule has 4 heteroatoms. The molecule has 0 saturated heterocycles. The van der Waals surface area contributed by atoms with Crippen LogP contribution in [0.2, 0.25) is 0 Å². The number of carbonyl (C=O) groups excluding carboxylic acids is 1. The maximum Gasteiger partial charge on any atom is 0.309 e. The molecule has 0 radical (unpaired) electrons. The van der Waals surface area contributed by atoms with Crippen molar-refractivity contribution in [1.29, 1.82) is 0 Å². The van der Waals surface area contributed by atoms with Crippen LogP contribution in [0.5, 0.6) is 0 Å². The lowest BCUT2D eigenvalue weighted by atomic mass is 9.87. The first-order valence-electron chi connectivity index (χ1n) is 7.71. The highest BCUT2D eigenvalue weighted by molar-refractivity contribution is 5.72. The Morgan fingerprint density at radius 3 is 2.81 bits per heavy atom. The summed E-state index contributed by atoms with van der Waals surface area (Å²) in [5.41, 5.74) is 2.15. The lowest BCUT2D eigenvalue weighted by molar-refractivity contribution is -0.139. The Kier molecular flexibility index (Phi) is 6.21. The summed E-state index contributed by atoms with van der Waals surface area (Å²) in [4.78, 5) is 11.4. The van der Waals surface area contributed by atoms with Gasteiger partial charge in [-0.15, -0.1) is 0 Å². The first-order chi connectivity index (χ1) is 10.2. The lowest BCUT2D eigenvalue weighted by Gasteiger charge is -2.26.